The van der Waals surface area contributed by atoms with Gasteiger partial charge in [0.05, 0.1) is 0 Å². The molecule has 94 valence electrons. The lowest BCUT2D eigenvalue weighted by Gasteiger charge is -2.43. The SMILES string of the molecule is CCC(C)N1CCN(c2ccccc2)CC1C. The smallest absolute Gasteiger partial charge is 0.0367 e. The Balaban J connectivity index is 2.00. The first kappa shape index (κ1) is 12.4. The second-order valence-electron chi connectivity index (χ2n) is 5.13. The summed E-state index contributed by atoms with van der Waals surface area (Å²) in [6.07, 6.45) is 1.25. The quantitative estimate of drug-likeness (QED) is 0.790. The number of para-hydroxylation sites is 1. The average molecular weight is 232 g/mol. The summed E-state index contributed by atoms with van der Waals surface area (Å²) >= 11 is 0. The third-order valence-corrected chi connectivity index (χ3v) is 3.96. The van der Waals surface area contributed by atoms with Crippen LogP contribution in [0.3, 0.4) is 0 Å². The van der Waals surface area contributed by atoms with E-state index in [1.807, 2.05) is 0 Å². The summed E-state index contributed by atoms with van der Waals surface area (Å²) in [5, 5.41) is 0. The molecule has 1 saturated heterocycles. The molecule has 0 N–H and O–H groups in total. The molecule has 0 spiro atoms. The molecule has 1 aromatic carbocycles. The minimum absolute atomic E-state index is 0.652. The van der Waals surface area contributed by atoms with Crippen LogP contribution in [0.5, 0.6) is 0 Å². The van der Waals surface area contributed by atoms with Crippen LogP contribution in [0, 0.1) is 0 Å². The van der Waals surface area contributed by atoms with Gasteiger partial charge in [-0.25, -0.2) is 0 Å². The molecule has 2 unspecified atom stereocenters. The Kier molecular flexibility index (Phi) is 4.06. The van der Waals surface area contributed by atoms with Crippen molar-refractivity contribution in [3.63, 3.8) is 0 Å². The Bertz CT molecular complexity index is 336. The van der Waals surface area contributed by atoms with Crippen molar-refractivity contribution in [2.75, 3.05) is 24.5 Å². The van der Waals surface area contributed by atoms with E-state index in [0.717, 1.165) is 13.1 Å². The van der Waals surface area contributed by atoms with Gasteiger partial charge in [-0.15, -0.1) is 0 Å². The van der Waals surface area contributed by atoms with Gasteiger partial charge in [-0.05, 0) is 32.4 Å². The first-order valence-corrected chi connectivity index (χ1v) is 6.78. The maximum absolute atomic E-state index is 2.64. The molecule has 0 amide bonds. The molecule has 1 aliphatic heterocycles. The minimum Gasteiger partial charge on any atom is -0.369 e. The molecule has 1 fully saturated rings. The van der Waals surface area contributed by atoms with E-state index < -0.39 is 0 Å². The maximum Gasteiger partial charge on any atom is 0.0367 e. The van der Waals surface area contributed by atoms with E-state index in [9.17, 15) is 0 Å². The number of hydrogen-bond acceptors (Lipinski definition) is 2. The summed E-state index contributed by atoms with van der Waals surface area (Å²) in [7, 11) is 0. The van der Waals surface area contributed by atoms with E-state index in [1.165, 1.54) is 18.7 Å². The summed E-state index contributed by atoms with van der Waals surface area (Å²) in [6, 6.07) is 12.1. The molecule has 0 bridgehead atoms. The third kappa shape index (κ3) is 2.81. The maximum atomic E-state index is 2.64. The predicted molar refractivity (Wildman–Crippen MR) is 74.6 cm³/mol. The van der Waals surface area contributed by atoms with Crippen molar-refractivity contribution < 1.29 is 0 Å². The lowest BCUT2D eigenvalue weighted by molar-refractivity contribution is 0.135. The van der Waals surface area contributed by atoms with Crippen LogP contribution >= 0.6 is 0 Å². The Hall–Kier alpha value is -1.02. The number of hydrogen-bond donors (Lipinski definition) is 0. The second-order valence-corrected chi connectivity index (χ2v) is 5.13. The van der Waals surface area contributed by atoms with E-state index in [1.54, 1.807) is 0 Å². The van der Waals surface area contributed by atoms with Crippen LogP contribution in [0.1, 0.15) is 27.2 Å². The van der Waals surface area contributed by atoms with E-state index in [0.29, 0.717) is 12.1 Å². The van der Waals surface area contributed by atoms with E-state index in [4.69, 9.17) is 0 Å². The highest BCUT2D eigenvalue weighted by Crippen LogP contribution is 2.20. The molecule has 17 heavy (non-hydrogen) atoms. The van der Waals surface area contributed by atoms with Crippen LogP contribution < -0.4 is 4.90 Å². The topological polar surface area (TPSA) is 6.48 Å². The molecule has 0 saturated carbocycles. The Morgan fingerprint density at radius 3 is 2.53 bits per heavy atom. The van der Waals surface area contributed by atoms with E-state index in [2.05, 4.69) is 60.9 Å². The molecular weight excluding hydrogens is 208 g/mol. The first-order valence-electron chi connectivity index (χ1n) is 6.78. The van der Waals surface area contributed by atoms with Crippen LogP contribution in [0.2, 0.25) is 0 Å². The van der Waals surface area contributed by atoms with Gasteiger partial charge >= 0.3 is 0 Å². The molecule has 1 aliphatic rings. The summed E-state index contributed by atoms with van der Waals surface area (Å²) in [6.45, 7) is 10.5. The van der Waals surface area contributed by atoms with Crippen molar-refractivity contribution in [2.24, 2.45) is 0 Å². The zero-order valence-electron chi connectivity index (χ0n) is 11.3. The molecule has 2 nitrogen and oxygen atoms in total. The van der Waals surface area contributed by atoms with E-state index in [-0.39, 0.29) is 0 Å². The fraction of sp³-hybridized carbons (Fsp3) is 0.600. The Labute approximate surface area is 105 Å². The van der Waals surface area contributed by atoms with Gasteiger partial charge in [-0.1, -0.05) is 25.1 Å². The van der Waals surface area contributed by atoms with E-state index >= 15 is 0 Å². The van der Waals surface area contributed by atoms with Crippen molar-refractivity contribution in [1.29, 1.82) is 0 Å². The number of piperazine rings is 1. The van der Waals surface area contributed by atoms with Gasteiger partial charge in [-0.3, -0.25) is 4.90 Å². The normalized spacial score (nSPS) is 23.7. The summed E-state index contributed by atoms with van der Waals surface area (Å²) in [5.41, 5.74) is 1.36. The number of nitrogens with zero attached hydrogens (tertiary/aromatic N) is 2. The minimum atomic E-state index is 0.652. The first-order chi connectivity index (χ1) is 8.22. The highest BCUT2D eigenvalue weighted by molar-refractivity contribution is 5.46. The highest BCUT2D eigenvalue weighted by atomic mass is 15.3. The molecular formula is C15H24N2. The van der Waals surface area contributed by atoms with Crippen LogP contribution in [0.4, 0.5) is 5.69 Å². The number of anilines is 1. The largest absolute Gasteiger partial charge is 0.369 e. The molecule has 1 aromatic rings. The van der Waals surface area contributed by atoms with Crippen LogP contribution in [-0.4, -0.2) is 36.6 Å². The van der Waals surface area contributed by atoms with Crippen molar-refractivity contribution in [1.82, 2.24) is 4.90 Å². The van der Waals surface area contributed by atoms with Crippen molar-refractivity contribution in [2.45, 2.75) is 39.3 Å². The molecule has 2 rings (SSSR count). The third-order valence-electron chi connectivity index (χ3n) is 3.96. The lowest BCUT2D eigenvalue weighted by Crippen LogP contribution is -2.54. The van der Waals surface area contributed by atoms with Crippen molar-refractivity contribution >= 4 is 5.69 Å². The lowest BCUT2D eigenvalue weighted by atomic mass is 10.1. The van der Waals surface area contributed by atoms with Crippen LogP contribution in [-0.2, 0) is 0 Å². The van der Waals surface area contributed by atoms with Crippen LogP contribution in [0.15, 0.2) is 30.3 Å². The number of benzene rings is 1. The highest BCUT2D eigenvalue weighted by Gasteiger charge is 2.26. The second kappa shape index (κ2) is 5.54. The standard InChI is InChI=1S/C15H24N2/c1-4-13(2)17-11-10-16(12-14(17)3)15-8-6-5-7-9-15/h5-9,13-14H,4,10-12H2,1-3H3. The summed E-state index contributed by atoms with van der Waals surface area (Å²) in [4.78, 5) is 5.14. The fourth-order valence-corrected chi connectivity index (χ4v) is 2.73. The van der Waals surface area contributed by atoms with Crippen molar-refractivity contribution in [3.05, 3.63) is 30.3 Å². The molecule has 0 aliphatic carbocycles. The van der Waals surface area contributed by atoms with Gasteiger partial charge in [0.15, 0.2) is 0 Å². The monoisotopic (exact) mass is 232 g/mol. The van der Waals surface area contributed by atoms with Gasteiger partial charge in [-0.2, -0.15) is 0 Å². The zero-order valence-corrected chi connectivity index (χ0v) is 11.3. The zero-order chi connectivity index (χ0) is 12.3. The molecule has 0 radical (unpaired) electrons. The Morgan fingerprint density at radius 2 is 1.94 bits per heavy atom. The Morgan fingerprint density at radius 1 is 1.24 bits per heavy atom. The fourth-order valence-electron chi connectivity index (χ4n) is 2.73. The van der Waals surface area contributed by atoms with Gasteiger partial charge < -0.3 is 4.90 Å². The summed E-state index contributed by atoms with van der Waals surface area (Å²) < 4.78 is 0. The van der Waals surface area contributed by atoms with Gasteiger partial charge in [0.25, 0.3) is 0 Å². The molecule has 0 aromatic heterocycles. The summed E-state index contributed by atoms with van der Waals surface area (Å²) in [5.74, 6) is 0. The molecule has 2 atom stereocenters. The van der Waals surface area contributed by atoms with Gasteiger partial charge in [0.2, 0.25) is 0 Å². The van der Waals surface area contributed by atoms with Crippen LogP contribution in [0.25, 0.3) is 0 Å². The van der Waals surface area contributed by atoms with Gasteiger partial charge in [0, 0.05) is 37.4 Å². The predicted octanol–water partition coefficient (Wildman–Crippen LogP) is 3.00. The molecule has 2 heteroatoms. The average Bonchev–Trinajstić information content (AvgIpc) is 2.39. The molecule has 1 heterocycles. The van der Waals surface area contributed by atoms with Crippen molar-refractivity contribution in [3.8, 4) is 0 Å². The van der Waals surface area contributed by atoms with Gasteiger partial charge in [0.1, 0.15) is 0 Å². The number of rotatable bonds is 3.